The van der Waals surface area contributed by atoms with Crippen molar-refractivity contribution in [3.8, 4) is 0 Å². The molecule has 98 valence electrons. The molecule has 3 unspecified atom stereocenters. The van der Waals surface area contributed by atoms with Gasteiger partial charge < -0.3 is 20.5 Å². The van der Waals surface area contributed by atoms with Gasteiger partial charge in [-0.3, -0.25) is 9.59 Å². The molecule has 0 aromatic heterocycles. The highest BCUT2D eigenvalue weighted by Gasteiger charge is 2.28. The highest BCUT2D eigenvalue weighted by molar-refractivity contribution is 5.82. The number of hydrogen-bond donors (Lipinski definition) is 3. The molecule has 6 nitrogen and oxygen atoms in total. The molecule has 1 aliphatic rings. The number of β-amino-alcohol motifs (C(OH)–C–C–N with tert-alkyl or cyclic N) is 1. The van der Waals surface area contributed by atoms with Crippen molar-refractivity contribution in [1.82, 2.24) is 10.6 Å². The van der Waals surface area contributed by atoms with Crippen LogP contribution in [0, 0.1) is 5.92 Å². The van der Waals surface area contributed by atoms with E-state index in [0.29, 0.717) is 19.6 Å². The van der Waals surface area contributed by atoms with Gasteiger partial charge in [-0.2, -0.15) is 0 Å². The molecule has 0 aromatic carbocycles. The van der Waals surface area contributed by atoms with E-state index in [1.54, 1.807) is 13.8 Å². The number of esters is 1. The van der Waals surface area contributed by atoms with E-state index in [0.717, 1.165) is 0 Å². The lowest BCUT2D eigenvalue weighted by molar-refractivity contribution is -0.147. The third-order valence-corrected chi connectivity index (χ3v) is 2.70. The molecule has 0 bridgehead atoms. The maximum absolute atomic E-state index is 11.6. The number of aliphatic hydroxyl groups excluding tert-OH is 1. The summed E-state index contributed by atoms with van der Waals surface area (Å²) in [5, 5.41) is 14.8. The summed E-state index contributed by atoms with van der Waals surface area (Å²) in [5.74, 6) is -0.852. The molecule has 1 heterocycles. The lowest BCUT2D eigenvalue weighted by atomic mass is 10.1. The quantitative estimate of drug-likeness (QED) is 0.541. The molecular weight excluding hydrogens is 224 g/mol. The average molecular weight is 244 g/mol. The normalized spacial score (nSPS) is 25.4. The molecule has 3 atom stereocenters. The Bertz CT molecular complexity index is 283. The molecule has 3 N–H and O–H groups in total. The molecule has 0 aromatic rings. The first-order chi connectivity index (χ1) is 8.04. The molecule has 6 heteroatoms. The van der Waals surface area contributed by atoms with Crippen LogP contribution in [-0.2, 0) is 14.3 Å². The van der Waals surface area contributed by atoms with Gasteiger partial charge in [0.25, 0.3) is 0 Å². The van der Waals surface area contributed by atoms with Crippen LogP contribution in [0.4, 0.5) is 0 Å². The lowest BCUT2D eigenvalue weighted by Gasteiger charge is -2.14. The van der Waals surface area contributed by atoms with Crippen LogP contribution in [0.3, 0.4) is 0 Å². The van der Waals surface area contributed by atoms with E-state index < -0.39 is 6.10 Å². The van der Waals surface area contributed by atoms with E-state index in [9.17, 15) is 14.7 Å². The van der Waals surface area contributed by atoms with E-state index in [-0.39, 0.29) is 30.4 Å². The number of amides is 1. The topological polar surface area (TPSA) is 87.7 Å². The summed E-state index contributed by atoms with van der Waals surface area (Å²) in [4.78, 5) is 22.9. The number of aliphatic hydroxyl groups is 1. The number of hydrogen-bond acceptors (Lipinski definition) is 5. The second-order valence-corrected chi connectivity index (χ2v) is 4.25. The summed E-state index contributed by atoms with van der Waals surface area (Å²) in [7, 11) is 0. The van der Waals surface area contributed by atoms with Gasteiger partial charge in [0, 0.05) is 13.1 Å². The van der Waals surface area contributed by atoms with Crippen molar-refractivity contribution in [2.24, 2.45) is 5.92 Å². The fourth-order valence-corrected chi connectivity index (χ4v) is 1.66. The van der Waals surface area contributed by atoms with Gasteiger partial charge in [-0.25, -0.2) is 0 Å². The molecule has 0 saturated carbocycles. The van der Waals surface area contributed by atoms with E-state index in [1.807, 2.05) is 0 Å². The zero-order chi connectivity index (χ0) is 12.8. The first-order valence-electron chi connectivity index (χ1n) is 5.90. The van der Waals surface area contributed by atoms with Crippen molar-refractivity contribution < 1.29 is 19.4 Å². The van der Waals surface area contributed by atoms with Crippen molar-refractivity contribution in [3.63, 3.8) is 0 Å². The first-order valence-corrected chi connectivity index (χ1v) is 5.90. The molecule has 0 aliphatic carbocycles. The third kappa shape index (κ3) is 4.32. The zero-order valence-electron chi connectivity index (χ0n) is 10.2. The molecule has 1 aliphatic heterocycles. The van der Waals surface area contributed by atoms with Crippen LogP contribution in [-0.4, -0.2) is 48.8 Å². The Labute approximate surface area is 101 Å². The molecule has 0 spiro atoms. The maximum Gasteiger partial charge on any atom is 0.310 e. The summed E-state index contributed by atoms with van der Waals surface area (Å²) in [6.45, 7) is 4.48. The summed E-state index contributed by atoms with van der Waals surface area (Å²) in [5.41, 5.74) is 0. The number of carbonyl (C=O) groups excluding carboxylic acids is 2. The smallest absolute Gasteiger partial charge is 0.310 e. The number of rotatable bonds is 5. The van der Waals surface area contributed by atoms with Gasteiger partial charge in [-0.15, -0.1) is 0 Å². The number of carbonyl (C=O) groups is 2. The largest absolute Gasteiger partial charge is 0.466 e. The second-order valence-electron chi connectivity index (χ2n) is 4.25. The number of nitrogens with one attached hydrogen (secondary N) is 2. The van der Waals surface area contributed by atoms with E-state index in [4.69, 9.17) is 4.74 Å². The minimum absolute atomic E-state index is 0.183. The fourth-order valence-electron chi connectivity index (χ4n) is 1.66. The third-order valence-electron chi connectivity index (χ3n) is 2.70. The summed E-state index contributed by atoms with van der Waals surface area (Å²) >= 11 is 0. The summed E-state index contributed by atoms with van der Waals surface area (Å²) in [6.07, 6.45) is -0.0483. The Morgan fingerprint density at radius 2 is 2.29 bits per heavy atom. The minimum Gasteiger partial charge on any atom is -0.466 e. The van der Waals surface area contributed by atoms with Crippen molar-refractivity contribution >= 4 is 11.9 Å². The SMILES string of the molecule is CCOC(=O)C(C)CNC(=O)C1CC(O)CN1. The van der Waals surface area contributed by atoms with Crippen LogP contribution in [0.15, 0.2) is 0 Å². The van der Waals surface area contributed by atoms with Crippen molar-refractivity contribution in [1.29, 1.82) is 0 Å². The molecule has 1 rings (SSSR count). The minimum atomic E-state index is -0.465. The van der Waals surface area contributed by atoms with Crippen molar-refractivity contribution in [3.05, 3.63) is 0 Å². The van der Waals surface area contributed by atoms with Crippen LogP contribution in [0.5, 0.6) is 0 Å². The van der Waals surface area contributed by atoms with E-state index >= 15 is 0 Å². The maximum atomic E-state index is 11.6. The summed E-state index contributed by atoms with van der Waals surface area (Å²) < 4.78 is 4.83. The second kappa shape index (κ2) is 6.56. The lowest BCUT2D eigenvalue weighted by Crippen LogP contribution is -2.43. The zero-order valence-corrected chi connectivity index (χ0v) is 10.2. The highest BCUT2D eigenvalue weighted by Crippen LogP contribution is 2.06. The Morgan fingerprint density at radius 1 is 1.59 bits per heavy atom. The summed E-state index contributed by atoms with van der Waals surface area (Å²) in [6, 6.07) is -0.362. The van der Waals surface area contributed by atoms with E-state index in [1.165, 1.54) is 0 Å². The Balaban J connectivity index is 2.25. The van der Waals surface area contributed by atoms with Gasteiger partial charge in [-0.1, -0.05) is 6.92 Å². The van der Waals surface area contributed by atoms with Gasteiger partial charge in [-0.05, 0) is 13.3 Å². The van der Waals surface area contributed by atoms with Crippen LogP contribution >= 0.6 is 0 Å². The van der Waals surface area contributed by atoms with Crippen LogP contribution in [0.1, 0.15) is 20.3 Å². The van der Waals surface area contributed by atoms with E-state index in [2.05, 4.69) is 10.6 Å². The predicted molar refractivity (Wildman–Crippen MR) is 61.2 cm³/mol. The van der Waals surface area contributed by atoms with Crippen LogP contribution < -0.4 is 10.6 Å². The average Bonchev–Trinajstić information content (AvgIpc) is 2.72. The predicted octanol–water partition coefficient (Wildman–Crippen LogP) is -0.975. The molecule has 17 heavy (non-hydrogen) atoms. The van der Waals surface area contributed by atoms with Crippen LogP contribution in [0.25, 0.3) is 0 Å². The first kappa shape index (κ1) is 13.9. The molecule has 1 fully saturated rings. The van der Waals surface area contributed by atoms with Crippen molar-refractivity contribution in [2.45, 2.75) is 32.4 Å². The van der Waals surface area contributed by atoms with Crippen LogP contribution in [0.2, 0.25) is 0 Å². The Kier molecular flexibility index (Phi) is 5.37. The standard InChI is InChI=1S/C11H20N2O4/c1-3-17-11(16)7(2)5-13-10(15)9-4-8(14)6-12-9/h7-9,12,14H,3-6H2,1-2H3,(H,13,15). The molecular formula is C11H20N2O4. The van der Waals surface area contributed by atoms with Gasteiger partial charge >= 0.3 is 5.97 Å². The fraction of sp³-hybridized carbons (Fsp3) is 0.818. The van der Waals surface area contributed by atoms with Crippen molar-refractivity contribution in [2.75, 3.05) is 19.7 Å². The molecule has 1 saturated heterocycles. The molecule has 0 radical (unpaired) electrons. The van der Waals surface area contributed by atoms with Gasteiger partial charge in [0.2, 0.25) is 5.91 Å². The van der Waals surface area contributed by atoms with Gasteiger partial charge in [0.05, 0.1) is 24.7 Å². The Morgan fingerprint density at radius 3 is 2.82 bits per heavy atom. The highest BCUT2D eigenvalue weighted by atomic mass is 16.5. The Hall–Kier alpha value is -1.14. The van der Waals surface area contributed by atoms with Gasteiger partial charge in [0.1, 0.15) is 0 Å². The number of ether oxygens (including phenoxy) is 1. The molecule has 1 amide bonds. The van der Waals surface area contributed by atoms with Gasteiger partial charge in [0.15, 0.2) is 0 Å². The monoisotopic (exact) mass is 244 g/mol.